The van der Waals surface area contributed by atoms with Crippen molar-refractivity contribution in [2.24, 2.45) is 0 Å². The number of nitrogens with one attached hydrogen (secondary N) is 1. The van der Waals surface area contributed by atoms with Crippen LogP contribution in [0.5, 0.6) is 0 Å². The number of anilines is 1. The molecule has 4 heterocycles. The third-order valence-corrected chi connectivity index (χ3v) is 5.01. The van der Waals surface area contributed by atoms with E-state index < -0.39 is 24.1 Å². The average molecular weight is 485 g/mol. The van der Waals surface area contributed by atoms with Crippen molar-refractivity contribution in [3.05, 3.63) is 34.4 Å². The van der Waals surface area contributed by atoms with E-state index >= 15 is 0 Å². The van der Waals surface area contributed by atoms with Crippen LogP contribution in [0.2, 0.25) is 5.28 Å². The Morgan fingerprint density at radius 3 is 2.88 bits per heavy atom. The van der Waals surface area contributed by atoms with E-state index in [9.17, 15) is 22.8 Å². The largest absolute Gasteiger partial charge is 0.491 e. The van der Waals surface area contributed by atoms with E-state index in [0.717, 1.165) is 0 Å². The van der Waals surface area contributed by atoms with Gasteiger partial charge in [-0.25, -0.2) is 14.2 Å². The van der Waals surface area contributed by atoms with Gasteiger partial charge in [-0.05, 0) is 18.5 Å². The van der Waals surface area contributed by atoms with Crippen molar-refractivity contribution < 1.29 is 27.1 Å². The predicted molar refractivity (Wildman–Crippen MR) is 110 cm³/mol. The fourth-order valence-electron chi connectivity index (χ4n) is 3.45. The summed E-state index contributed by atoms with van der Waals surface area (Å²) in [6.45, 7) is 1.91. The number of aromatic nitrogens is 4. The molecule has 1 saturated heterocycles. The summed E-state index contributed by atoms with van der Waals surface area (Å²) in [7, 11) is 0. The van der Waals surface area contributed by atoms with E-state index in [4.69, 9.17) is 20.8 Å². The molecular formula is C19H16ClF3N6O4. The van der Waals surface area contributed by atoms with E-state index in [-0.39, 0.29) is 41.9 Å². The summed E-state index contributed by atoms with van der Waals surface area (Å²) in [5, 5.41) is 2.61. The minimum Gasteiger partial charge on any atom is -0.470 e. The Morgan fingerprint density at radius 2 is 2.21 bits per heavy atom. The molecule has 0 saturated carbocycles. The number of fused-ring (bicyclic) bond motifs is 1. The van der Waals surface area contributed by atoms with Crippen molar-refractivity contribution >= 4 is 34.6 Å². The standard InChI is InChI=1S/C19H16ClF3N6O4/c1-2-3-6-28-13-14(27-7-5-24-9-12(27)33-16(30)19(21,22)23)25-17(20)26-15(13)29(18(28)31)11-4-8-32-10-11/h4,8,10,12,24H,5-7,9H2,1H3. The molecular weight excluding hydrogens is 469 g/mol. The Labute approximate surface area is 188 Å². The summed E-state index contributed by atoms with van der Waals surface area (Å²) >= 11 is 6.14. The smallest absolute Gasteiger partial charge is 0.470 e. The van der Waals surface area contributed by atoms with Crippen LogP contribution >= 0.6 is 11.6 Å². The first-order valence-electron chi connectivity index (χ1n) is 9.58. The van der Waals surface area contributed by atoms with Crippen molar-refractivity contribution in [2.75, 3.05) is 24.5 Å². The molecule has 1 N–H and O–H groups in total. The van der Waals surface area contributed by atoms with Crippen molar-refractivity contribution in [1.82, 2.24) is 24.4 Å². The molecule has 14 heteroatoms. The first kappa shape index (κ1) is 22.7. The van der Waals surface area contributed by atoms with Crippen molar-refractivity contribution in [3.63, 3.8) is 0 Å². The SMILES string of the molecule is CC#CCn1c(=O)n(-c2ccoc2)c2nc(Cl)nc(N3CCNCC3OC(=O)C(F)(F)F)c21. The van der Waals surface area contributed by atoms with Crippen LogP contribution in [0.15, 0.2) is 27.8 Å². The zero-order chi connectivity index (χ0) is 23.8. The summed E-state index contributed by atoms with van der Waals surface area (Å²) in [6, 6.07) is 1.53. The predicted octanol–water partition coefficient (Wildman–Crippen LogP) is 1.69. The number of esters is 1. The number of carbonyl (C=O) groups is 1. The Bertz CT molecular complexity index is 1310. The molecule has 174 valence electrons. The summed E-state index contributed by atoms with van der Waals surface area (Å²) in [4.78, 5) is 34.5. The van der Waals surface area contributed by atoms with Crippen molar-refractivity contribution in [3.8, 4) is 17.5 Å². The second kappa shape index (κ2) is 8.80. The minimum atomic E-state index is -5.18. The van der Waals surface area contributed by atoms with E-state index in [2.05, 4.69) is 27.1 Å². The molecule has 0 radical (unpaired) electrons. The van der Waals surface area contributed by atoms with E-state index in [1.54, 1.807) is 6.92 Å². The second-order valence-electron chi connectivity index (χ2n) is 6.86. The highest BCUT2D eigenvalue weighted by atomic mass is 35.5. The molecule has 1 unspecified atom stereocenters. The maximum Gasteiger partial charge on any atom is 0.491 e. The minimum absolute atomic E-state index is 0.0312. The molecule has 33 heavy (non-hydrogen) atoms. The zero-order valence-corrected chi connectivity index (χ0v) is 17.8. The molecule has 3 aromatic rings. The zero-order valence-electron chi connectivity index (χ0n) is 17.0. The molecule has 0 bridgehead atoms. The van der Waals surface area contributed by atoms with Gasteiger partial charge in [0.2, 0.25) is 5.28 Å². The van der Waals surface area contributed by atoms with Crippen LogP contribution in [0.3, 0.4) is 0 Å². The average Bonchev–Trinajstić information content (AvgIpc) is 3.37. The van der Waals surface area contributed by atoms with E-state index in [1.807, 2.05) is 0 Å². The van der Waals surface area contributed by atoms with E-state index in [1.165, 1.54) is 32.6 Å². The summed E-state index contributed by atoms with van der Waals surface area (Å²) < 4.78 is 50.8. The van der Waals surface area contributed by atoms with Crippen LogP contribution in [0.1, 0.15) is 6.92 Å². The van der Waals surface area contributed by atoms with Crippen LogP contribution < -0.4 is 15.9 Å². The quantitative estimate of drug-likeness (QED) is 0.339. The lowest BCUT2D eigenvalue weighted by atomic mass is 10.3. The van der Waals surface area contributed by atoms with Gasteiger partial charge in [0.1, 0.15) is 11.8 Å². The maximum atomic E-state index is 13.3. The van der Waals surface area contributed by atoms with Gasteiger partial charge in [-0.15, -0.1) is 5.92 Å². The first-order chi connectivity index (χ1) is 15.7. The number of nitrogens with zero attached hydrogens (tertiary/aromatic N) is 5. The van der Waals surface area contributed by atoms with Gasteiger partial charge in [0.15, 0.2) is 17.7 Å². The number of halogens is 4. The van der Waals surface area contributed by atoms with Gasteiger partial charge in [-0.3, -0.25) is 4.57 Å². The van der Waals surface area contributed by atoms with Gasteiger partial charge in [0, 0.05) is 19.2 Å². The van der Waals surface area contributed by atoms with Crippen LogP contribution in [-0.2, 0) is 16.1 Å². The monoisotopic (exact) mass is 484 g/mol. The van der Waals surface area contributed by atoms with Crippen molar-refractivity contribution in [2.45, 2.75) is 25.9 Å². The number of rotatable bonds is 4. The van der Waals surface area contributed by atoms with Gasteiger partial charge in [0.05, 0.1) is 25.0 Å². The molecule has 0 aliphatic carbocycles. The van der Waals surface area contributed by atoms with Crippen molar-refractivity contribution in [1.29, 1.82) is 0 Å². The Balaban J connectivity index is 1.93. The van der Waals surface area contributed by atoms with Crippen LogP contribution in [0.25, 0.3) is 16.9 Å². The lowest BCUT2D eigenvalue weighted by Gasteiger charge is -2.36. The lowest BCUT2D eigenvalue weighted by Crippen LogP contribution is -2.54. The number of hydrogen-bond donors (Lipinski definition) is 1. The second-order valence-corrected chi connectivity index (χ2v) is 7.19. The van der Waals surface area contributed by atoms with Gasteiger partial charge in [-0.1, -0.05) is 5.92 Å². The molecule has 0 amide bonds. The molecule has 1 atom stereocenters. The Morgan fingerprint density at radius 1 is 1.42 bits per heavy atom. The molecule has 0 aromatic carbocycles. The molecule has 0 spiro atoms. The number of furan rings is 1. The Hall–Kier alpha value is -3.50. The van der Waals surface area contributed by atoms with Crippen LogP contribution in [-0.4, -0.2) is 57.1 Å². The third kappa shape index (κ3) is 4.27. The van der Waals surface area contributed by atoms with Gasteiger partial charge >= 0.3 is 17.8 Å². The van der Waals surface area contributed by atoms with Gasteiger partial charge < -0.3 is 19.4 Å². The molecule has 1 aliphatic rings. The van der Waals surface area contributed by atoms with Gasteiger partial charge in [0.25, 0.3) is 0 Å². The number of imidazole rings is 1. The highest BCUT2D eigenvalue weighted by Gasteiger charge is 2.44. The maximum absolute atomic E-state index is 13.3. The molecule has 10 nitrogen and oxygen atoms in total. The number of carbonyl (C=O) groups excluding carboxylic acids is 1. The lowest BCUT2D eigenvalue weighted by molar-refractivity contribution is -0.205. The molecule has 1 fully saturated rings. The highest BCUT2D eigenvalue weighted by molar-refractivity contribution is 6.28. The third-order valence-electron chi connectivity index (χ3n) is 4.84. The summed E-state index contributed by atoms with van der Waals surface area (Å²) in [6.07, 6.45) is -3.85. The molecule has 3 aromatic heterocycles. The topological polar surface area (TPSA) is 107 Å². The van der Waals surface area contributed by atoms with E-state index in [0.29, 0.717) is 12.2 Å². The summed E-state index contributed by atoms with van der Waals surface area (Å²) in [5.74, 6) is 3.17. The molecule has 4 rings (SSSR count). The fraction of sp³-hybridized carbons (Fsp3) is 0.368. The number of hydrogen-bond acceptors (Lipinski definition) is 8. The summed E-state index contributed by atoms with van der Waals surface area (Å²) in [5.41, 5.74) is 0.0808. The Kier molecular flexibility index (Phi) is 6.05. The highest BCUT2D eigenvalue weighted by Crippen LogP contribution is 2.30. The van der Waals surface area contributed by atoms with Crippen LogP contribution in [0.4, 0.5) is 19.0 Å². The number of ether oxygens (including phenoxy) is 1. The van der Waals surface area contributed by atoms with Crippen LogP contribution in [0, 0.1) is 11.8 Å². The number of piperazine rings is 1. The fourth-order valence-corrected chi connectivity index (χ4v) is 3.61. The molecule has 1 aliphatic heterocycles. The van der Waals surface area contributed by atoms with Gasteiger partial charge in [-0.2, -0.15) is 23.1 Å². The normalized spacial score (nSPS) is 16.5. The number of alkyl halides is 3. The first-order valence-corrected chi connectivity index (χ1v) is 9.96.